The number of carbonyl (C=O) groups excluding carboxylic acids is 1. The maximum atomic E-state index is 13.0. The minimum absolute atomic E-state index is 0.0184. The summed E-state index contributed by atoms with van der Waals surface area (Å²) >= 11 is 1.71. The summed E-state index contributed by atoms with van der Waals surface area (Å²) in [5.74, 6) is 0.568. The topological polar surface area (TPSA) is 49.3 Å². The Morgan fingerprint density at radius 2 is 2.29 bits per heavy atom. The van der Waals surface area contributed by atoms with Crippen LogP contribution in [0.3, 0.4) is 0 Å². The first kappa shape index (κ1) is 13.8. The number of carbonyl (C=O) groups is 1. The van der Waals surface area contributed by atoms with Gasteiger partial charge in [-0.25, -0.2) is 4.39 Å². The van der Waals surface area contributed by atoms with Gasteiger partial charge in [-0.15, -0.1) is 0 Å². The van der Waals surface area contributed by atoms with Gasteiger partial charge in [0.25, 0.3) is 5.91 Å². The van der Waals surface area contributed by atoms with E-state index in [1.807, 2.05) is 13.8 Å². The lowest BCUT2D eigenvalue weighted by atomic mass is 10.1. The Labute approximate surface area is 104 Å². The van der Waals surface area contributed by atoms with E-state index in [-0.39, 0.29) is 17.4 Å². The van der Waals surface area contributed by atoms with Crippen molar-refractivity contribution < 1.29 is 14.3 Å². The number of aromatic hydroxyl groups is 1. The molecule has 0 aliphatic carbocycles. The van der Waals surface area contributed by atoms with E-state index in [2.05, 4.69) is 5.32 Å². The van der Waals surface area contributed by atoms with Crippen molar-refractivity contribution in [2.24, 2.45) is 0 Å². The van der Waals surface area contributed by atoms with E-state index in [9.17, 15) is 14.3 Å². The number of halogens is 1. The van der Waals surface area contributed by atoms with Crippen molar-refractivity contribution in [3.05, 3.63) is 29.6 Å². The van der Waals surface area contributed by atoms with E-state index < -0.39 is 11.7 Å². The number of amides is 1. The molecule has 1 unspecified atom stereocenters. The molecule has 1 atom stereocenters. The molecule has 0 spiro atoms. The molecule has 2 N–H and O–H groups in total. The first-order valence-electron chi connectivity index (χ1n) is 5.41. The van der Waals surface area contributed by atoms with Crippen LogP contribution in [0.5, 0.6) is 5.75 Å². The van der Waals surface area contributed by atoms with Gasteiger partial charge in [0, 0.05) is 11.8 Å². The van der Waals surface area contributed by atoms with Gasteiger partial charge in [-0.05, 0) is 30.9 Å². The zero-order valence-electron chi connectivity index (χ0n) is 9.87. The lowest BCUT2D eigenvalue weighted by molar-refractivity contribution is 0.0940. The average Bonchev–Trinajstić information content (AvgIpc) is 2.29. The Balaban J connectivity index is 2.66. The van der Waals surface area contributed by atoms with Crippen LogP contribution in [0.15, 0.2) is 18.2 Å². The Morgan fingerprint density at radius 3 is 2.94 bits per heavy atom. The predicted octanol–water partition coefficient (Wildman–Crippen LogP) is 2.40. The third-order valence-electron chi connectivity index (χ3n) is 2.15. The van der Waals surface area contributed by atoms with E-state index in [4.69, 9.17) is 0 Å². The van der Waals surface area contributed by atoms with Crippen molar-refractivity contribution in [3.63, 3.8) is 0 Å². The Morgan fingerprint density at radius 1 is 1.59 bits per heavy atom. The summed E-state index contributed by atoms with van der Waals surface area (Å²) in [5, 5.41) is 12.2. The fourth-order valence-electron chi connectivity index (χ4n) is 1.33. The molecule has 0 fully saturated rings. The van der Waals surface area contributed by atoms with Crippen LogP contribution in [0.4, 0.5) is 4.39 Å². The molecule has 1 aromatic carbocycles. The van der Waals surface area contributed by atoms with E-state index >= 15 is 0 Å². The zero-order chi connectivity index (χ0) is 12.8. The van der Waals surface area contributed by atoms with Gasteiger partial charge < -0.3 is 10.4 Å². The highest BCUT2D eigenvalue weighted by Crippen LogP contribution is 2.17. The third-order valence-corrected chi connectivity index (χ3v) is 3.30. The number of hydrogen-bond acceptors (Lipinski definition) is 3. The van der Waals surface area contributed by atoms with Crippen LogP contribution in [0.1, 0.15) is 24.2 Å². The van der Waals surface area contributed by atoms with Gasteiger partial charge >= 0.3 is 0 Å². The highest BCUT2D eigenvalue weighted by atomic mass is 32.2. The number of nitrogens with one attached hydrogen (secondary N) is 1. The van der Waals surface area contributed by atoms with E-state index in [1.165, 1.54) is 6.07 Å². The largest absolute Gasteiger partial charge is 0.507 e. The molecular formula is C12H16FNO2S. The maximum Gasteiger partial charge on any atom is 0.255 e. The van der Waals surface area contributed by atoms with Crippen LogP contribution < -0.4 is 5.32 Å². The summed E-state index contributed by atoms with van der Waals surface area (Å²) < 4.78 is 13.0. The molecule has 3 nitrogen and oxygen atoms in total. The molecule has 0 bridgehead atoms. The summed E-state index contributed by atoms with van der Waals surface area (Å²) in [6.45, 7) is 3.91. The first-order chi connectivity index (χ1) is 8.04. The van der Waals surface area contributed by atoms with Crippen LogP contribution in [0.25, 0.3) is 0 Å². The molecule has 17 heavy (non-hydrogen) atoms. The molecule has 0 heterocycles. The molecular weight excluding hydrogens is 241 g/mol. The van der Waals surface area contributed by atoms with E-state index in [0.29, 0.717) is 0 Å². The fraction of sp³-hybridized carbons (Fsp3) is 0.417. The predicted molar refractivity (Wildman–Crippen MR) is 68.0 cm³/mol. The van der Waals surface area contributed by atoms with Crippen molar-refractivity contribution in [1.82, 2.24) is 5.32 Å². The van der Waals surface area contributed by atoms with Gasteiger partial charge in [0.1, 0.15) is 11.6 Å². The van der Waals surface area contributed by atoms with Crippen LogP contribution in [0, 0.1) is 5.82 Å². The van der Waals surface area contributed by atoms with Crippen LogP contribution in [-0.4, -0.2) is 28.6 Å². The second-order valence-electron chi connectivity index (χ2n) is 3.70. The standard InChI is InChI=1S/C12H16FNO2S/c1-3-17-7-8(2)14-12(16)10-6-9(13)4-5-11(10)15/h4-6,8,15H,3,7H2,1-2H3,(H,14,16). The molecule has 94 valence electrons. The monoisotopic (exact) mass is 257 g/mol. The number of thioether (sulfide) groups is 1. The molecule has 0 aliphatic heterocycles. The molecule has 1 aromatic rings. The van der Waals surface area contributed by atoms with Crippen molar-refractivity contribution >= 4 is 17.7 Å². The summed E-state index contributed by atoms with van der Waals surface area (Å²) in [5.41, 5.74) is -0.0293. The SMILES string of the molecule is CCSCC(C)NC(=O)c1cc(F)ccc1O. The lowest BCUT2D eigenvalue weighted by Crippen LogP contribution is -2.34. The lowest BCUT2D eigenvalue weighted by Gasteiger charge is -2.13. The normalized spacial score (nSPS) is 12.2. The highest BCUT2D eigenvalue weighted by molar-refractivity contribution is 7.99. The van der Waals surface area contributed by atoms with E-state index in [0.717, 1.165) is 23.6 Å². The molecule has 1 rings (SSSR count). The Kier molecular flexibility index (Phi) is 5.28. The second kappa shape index (κ2) is 6.49. The van der Waals surface area contributed by atoms with Crippen LogP contribution in [0.2, 0.25) is 0 Å². The quantitative estimate of drug-likeness (QED) is 0.851. The number of phenolic OH excluding ortho intramolecular Hbond substituents is 1. The van der Waals surface area contributed by atoms with Crippen LogP contribution >= 0.6 is 11.8 Å². The molecule has 1 amide bonds. The summed E-state index contributed by atoms with van der Waals surface area (Å²) in [7, 11) is 0. The van der Waals surface area contributed by atoms with Crippen molar-refractivity contribution in [2.45, 2.75) is 19.9 Å². The Bertz CT molecular complexity index is 398. The van der Waals surface area contributed by atoms with Gasteiger partial charge in [-0.1, -0.05) is 6.92 Å². The number of rotatable bonds is 5. The van der Waals surface area contributed by atoms with Gasteiger partial charge in [0.2, 0.25) is 0 Å². The number of phenols is 1. The molecule has 0 saturated carbocycles. The summed E-state index contributed by atoms with van der Waals surface area (Å²) in [6, 6.07) is 3.30. The second-order valence-corrected chi connectivity index (χ2v) is 5.01. The fourth-order valence-corrected chi connectivity index (χ4v) is 2.00. The number of benzene rings is 1. The molecule has 0 aromatic heterocycles. The van der Waals surface area contributed by atoms with Gasteiger partial charge in [0.05, 0.1) is 5.56 Å². The highest BCUT2D eigenvalue weighted by Gasteiger charge is 2.14. The Hall–Kier alpha value is -1.23. The average molecular weight is 257 g/mol. The molecule has 0 saturated heterocycles. The first-order valence-corrected chi connectivity index (χ1v) is 6.57. The van der Waals surface area contributed by atoms with Gasteiger partial charge in [-0.3, -0.25) is 4.79 Å². The summed E-state index contributed by atoms with van der Waals surface area (Å²) in [6.07, 6.45) is 0. The number of hydrogen-bond donors (Lipinski definition) is 2. The van der Waals surface area contributed by atoms with Crippen molar-refractivity contribution in [3.8, 4) is 5.75 Å². The minimum Gasteiger partial charge on any atom is -0.507 e. The van der Waals surface area contributed by atoms with Crippen molar-refractivity contribution in [1.29, 1.82) is 0 Å². The van der Waals surface area contributed by atoms with Crippen molar-refractivity contribution in [2.75, 3.05) is 11.5 Å². The third kappa shape index (κ3) is 4.26. The smallest absolute Gasteiger partial charge is 0.255 e. The minimum atomic E-state index is -0.538. The zero-order valence-corrected chi connectivity index (χ0v) is 10.7. The van der Waals surface area contributed by atoms with Gasteiger partial charge in [0.15, 0.2) is 0 Å². The molecule has 0 aliphatic rings. The molecule has 5 heteroatoms. The maximum absolute atomic E-state index is 13.0. The summed E-state index contributed by atoms with van der Waals surface area (Å²) in [4.78, 5) is 11.7. The molecule has 0 radical (unpaired) electrons. The van der Waals surface area contributed by atoms with Gasteiger partial charge in [-0.2, -0.15) is 11.8 Å². The van der Waals surface area contributed by atoms with E-state index in [1.54, 1.807) is 11.8 Å². The van der Waals surface area contributed by atoms with Crippen LogP contribution in [-0.2, 0) is 0 Å².